The van der Waals surface area contributed by atoms with Gasteiger partial charge in [0.2, 0.25) is 0 Å². The SMILES string of the molecule is [B]c1ccc2oc3ccc(Cl)cc3c2c1. The predicted molar refractivity (Wildman–Crippen MR) is 64.1 cm³/mol. The van der Waals surface area contributed by atoms with Gasteiger partial charge >= 0.3 is 0 Å². The van der Waals surface area contributed by atoms with Gasteiger partial charge in [0, 0.05) is 15.8 Å². The summed E-state index contributed by atoms with van der Waals surface area (Å²) in [5.74, 6) is 0. The molecular weight excluding hydrogens is 206 g/mol. The Balaban J connectivity index is 2.55. The predicted octanol–water partition coefficient (Wildman–Crippen LogP) is 3.03. The molecule has 0 aliphatic carbocycles. The molecule has 3 aromatic rings. The molecule has 1 aromatic heterocycles. The van der Waals surface area contributed by atoms with Crippen molar-refractivity contribution in [3.63, 3.8) is 0 Å². The van der Waals surface area contributed by atoms with E-state index in [1.54, 1.807) is 0 Å². The van der Waals surface area contributed by atoms with Crippen LogP contribution in [0.4, 0.5) is 0 Å². The minimum atomic E-state index is 0.702. The number of hydrogen-bond donors (Lipinski definition) is 0. The van der Waals surface area contributed by atoms with E-state index in [0.29, 0.717) is 5.02 Å². The summed E-state index contributed by atoms with van der Waals surface area (Å²) in [4.78, 5) is 0. The summed E-state index contributed by atoms with van der Waals surface area (Å²) in [5, 5.41) is 2.71. The van der Waals surface area contributed by atoms with Gasteiger partial charge in [-0.15, -0.1) is 0 Å². The van der Waals surface area contributed by atoms with Crippen LogP contribution >= 0.6 is 11.6 Å². The largest absolute Gasteiger partial charge is 0.456 e. The number of benzene rings is 2. The fourth-order valence-electron chi connectivity index (χ4n) is 1.77. The third-order valence-corrected chi connectivity index (χ3v) is 2.69. The molecule has 0 aliphatic rings. The third kappa shape index (κ3) is 1.33. The van der Waals surface area contributed by atoms with Crippen molar-refractivity contribution in [3.8, 4) is 0 Å². The summed E-state index contributed by atoms with van der Waals surface area (Å²) in [6, 6.07) is 11.2. The van der Waals surface area contributed by atoms with E-state index in [0.717, 1.165) is 27.4 Å². The van der Waals surface area contributed by atoms with E-state index in [-0.39, 0.29) is 0 Å². The number of fused-ring (bicyclic) bond motifs is 3. The molecule has 0 bridgehead atoms. The van der Waals surface area contributed by atoms with Crippen LogP contribution in [0.2, 0.25) is 5.02 Å². The molecule has 0 amide bonds. The van der Waals surface area contributed by atoms with Crippen LogP contribution in [0, 0.1) is 0 Å². The lowest BCUT2D eigenvalue weighted by Crippen LogP contribution is -1.98. The topological polar surface area (TPSA) is 13.1 Å². The quantitative estimate of drug-likeness (QED) is 0.522. The highest BCUT2D eigenvalue weighted by molar-refractivity contribution is 6.34. The Kier molecular flexibility index (Phi) is 1.80. The molecular formula is C12H6BClO. The van der Waals surface area contributed by atoms with Crippen molar-refractivity contribution in [1.29, 1.82) is 0 Å². The molecule has 2 radical (unpaired) electrons. The normalized spacial score (nSPS) is 11.3. The van der Waals surface area contributed by atoms with Gasteiger partial charge in [0.05, 0.1) is 0 Å². The average Bonchev–Trinajstić information content (AvgIpc) is 2.56. The Morgan fingerprint density at radius 2 is 1.60 bits per heavy atom. The first-order valence-electron chi connectivity index (χ1n) is 4.61. The van der Waals surface area contributed by atoms with Crippen LogP contribution in [0.3, 0.4) is 0 Å². The molecule has 0 spiro atoms. The van der Waals surface area contributed by atoms with Crippen LogP contribution in [0.5, 0.6) is 0 Å². The highest BCUT2D eigenvalue weighted by atomic mass is 35.5. The van der Waals surface area contributed by atoms with Crippen molar-refractivity contribution < 1.29 is 4.42 Å². The van der Waals surface area contributed by atoms with Crippen molar-refractivity contribution in [2.75, 3.05) is 0 Å². The molecule has 0 atom stereocenters. The van der Waals surface area contributed by atoms with Crippen LogP contribution in [0.15, 0.2) is 40.8 Å². The fraction of sp³-hybridized carbons (Fsp3) is 0. The molecule has 70 valence electrons. The smallest absolute Gasteiger partial charge is 0.135 e. The lowest BCUT2D eigenvalue weighted by Gasteiger charge is -1.92. The van der Waals surface area contributed by atoms with E-state index >= 15 is 0 Å². The zero-order valence-electron chi connectivity index (χ0n) is 7.83. The van der Waals surface area contributed by atoms with Gasteiger partial charge in [0.1, 0.15) is 19.0 Å². The minimum Gasteiger partial charge on any atom is -0.456 e. The first-order chi connectivity index (χ1) is 7.24. The maximum absolute atomic E-state index is 5.94. The summed E-state index contributed by atoms with van der Waals surface area (Å²) in [6.07, 6.45) is 0. The van der Waals surface area contributed by atoms with E-state index in [2.05, 4.69) is 0 Å². The van der Waals surface area contributed by atoms with Crippen LogP contribution in [-0.2, 0) is 0 Å². The van der Waals surface area contributed by atoms with Gasteiger partial charge in [-0.1, -0.05) is 29.2 Å². The third-order valence-electron chi connectivity index (χ3n) is 2.46. The van der Waals surface area contributed by atoms with E-state index in [4.69, 9.17) is 23.9 Å². The fourth-order valence-corrected chi connectivity index (χ4v) is 1.94. The van der Waals surface area contributed by atoms with Crippen LogP contribution in [-0.4, -0.2) is 7.85 Å². The monoisotopic (exact) mass is 212 g/mol. The van der Waals surface area contributed by atoms with Crippen molar-refractivity contribution >= 4 is 46.8 Å². The first-order valence-corrected chi connectivity index (χ1v) is 4.99. The van der Waals surface area contributed by atoms with Gasteiger partial charge < -0.3 is 4.42 Å². The van der Waals surface area contributed by atoms with Crippen molar-refractivity contribution in [3.05, 3.63) is 41.4 Å². The average molecular weight is 212 g/mol. The molecule has 0 unspecified atom stereocenters. The van der Waals surface area contributed by atoms with Gasteiger partial charge in [0.15, 0.2) is 0 Å². The van der Waals surface area contributed by atoms with Gasteiger partial charge in [-0.3, -0.25) is 0 Å². The Labute approximate surface area is 93.0 Å². The standard InChI is InChI=1S/C12H6BClO/c13-7-1-3-11-9(5-7)10-6-8(14)2-4-12(10)15-11/h1-6H. The van der Waals surface area contributed by atoms with Gasteiger partial charge in [0.25, 0.3) is 0 Å². The lowest BCUT2D eigenvalue weighted by atomic mass is 9.94. The number of halogens is 1. The van der Waals surface area contributed by atoms with Crippen molar-refractivity contribution in [2.45, 2.75) is 0 Å². The van der Waals surface area contributed by atoms with Crippen molar-refractivity contribution in [2.24, 2.45) is 0 Å². The molecule has 0 fully saturated rings. The zero-order chi connectivity index (χ0) is 10.4. The summed E-state index contributed by atoms with van der Waals surface area (Å²) in [5.41, 5.74) is 2.40. The molecule has 0 saturated heterocycles. The van der Waals surface area contributed by atoms with E-state index < -0.39 is 0 Å². The molecule has 3 rings (SSSR count). The second-order valence-corrected chi connectivity index (χ2v) is 3.93. The number of furan rings is 1. The summed E-state index contributed by atoms with van der Waals surface area (Å²) in [6.45, 7) is 0. The molecule has 2 aromatic carbocycles. The first kappa shape index (κ1) is 8.87. The molecule has 0 aliphatic heterocycles. The van der Waals surface area contributed by atoms with Crippen LogP contribution < -0.4 is 5.46 Å². The second-order valence-electron chi connectivity index (χ2n) is 3.50. The number of hydrogen-bond acceptors (Lipinski definition) is 1. The van der Waals surface area contributed by atoms with E-state index in [9.17, 15) is 0 Å². The van der Waals surface area contributed by atoms with Gasteiger partial charge in [-0.2, -0.15) is 0 Å². The highest BCUT2D eigenvalue weighted by Gasteiger charge is 2.06. The summed E-state index contributed by atoms with van der Waals surface area (Å²) >= 11 is 5.94. The zero-order valence-corrected chi connectivity index (χ0v) is 8.58. The molecule has 3 heteroatoms. The second kappa shape index (κ2) is 3.04. The van der Waals surface area contributed by atoms with Crippen LogP contribution in [0.1, 0.15) is 0 Å². The molecule has 15 heavy (non-hydrogen) atoms. The summed E-state index contributed by atoms with van der Waals surface area (Å²) < 4.78 is 5.65. The Morgan fingerprint density at radius 3 is 2.40 bits per heavy atom. The van der Waals surface area contributed by atoms with Gasteiger partial charge in [-0.05, 0) is 24.3 Å². The lowest BCUT2D eigenvalue weighted by molar-refractivity contribution is 0.669. The minimum absolute atomic E-state index is 0.702. The molecule has 0 N–H and O–H groups in total. The van der Waals surface area contributed by atoms with Crippen LogP contribution in [0.25, 0.3) is 21.9 Å². The van der Waals surface area contributed by atoms with E-state index in [1.165, 1.54) is 0 Å². The molecule has 1 heterocycles. The Hall–Kier alpha value is -1.41. The maximum Gasteiger partial charge on any atom is 0.135 e. The molecule has 1 nitrogen and oxygen atoms in total. The van der Waals surface area contributed by atoms with Gasteiger partial charge in [-0.25, -0.2) is 0 Å². The van der Waals surface area contributed by atoms with E-state index in [1.807, 2.05) is 36.4 Å². The number of rotatable bonds is 0. The summed E-state index contributed by atoms with van der Waals surface area (Å²) in [7, 11) is 5.74. The Bertz CT molecular complexity index is 601. The highest BCUT2D eigenvalue weighted by Crippen LogP contribution is 2.29. The Morgan fingerprint density at radius 1 is 0.933 bits per heavy atom. The van der Waals surface area contributed by atoms with Crippen molar-refractivity contribution in [1.82, 2.24) is 0 Å². The maximum atomic E-state index is 5.94. The molecule has 0 saturated carbocycles.